The van der Waals surface area contributed by atoms with Crippen LogP contribution >= 0.6 is 0 Å². The largest absolute Gasteiger partial charge is 0.483 e. The van der Waals surface area contributed by atoms with Gasteiger partial charge in [0.2, 0.25) is 5.91 Å². The number of carboxylic acid groups (broad SMARTS) is 1. The molecule has 0 aliphatic carbocycles. The Balaban J connectivity index is 0.000000655. The van der Waals surface area contributed by atoms with Gasteiger partial charge in [-0.25, -0.2) is 0 Å². The van der Waals surface area contributed by atoms with Gasteiger partial charge in [-0.1, -0.05) is 54.6 Å². The number of terminal acetylenes is 1. The van der Waals surface area contributed by atoms with E-state index in [0.29, 0.717) is 24.1 Å². The molecule has 2 N–H and O–H groups in total. The quantitative estimate of drug-likeness (QED) is 0.420. The zero-order valence-corrected chi connectivity index (χ0v) is 19.2. The summed E-state index contributed by atoms with van der Waals surface area (Å²) in [6.07, 6.45) is 9.02. The molecular weight excluding hydrogens is 448 g/mol. The van der Waals surface area contributed by atoms with Gasteiger partial charge in [0.25, 0.3) is 11.9 Å². The topological polar surface area (TPSA) is 113 Å². The Morgan fingerprint density at radius 3 is 2.40 bits per heavy atom. The molecule has 3 aromatic carbocycles. The van der Waals surface area contributed by atoms with Crippen molar-refractivity contribution in [1.29, 1.82) is 0 Å². The zero-order valence-electron chi connectivity index (χ0n) is 19.2. The smallest absolute Gasteiger partial charge is 0.300 e. The number of anilines is 1. The molecule has 0 unspecified atom stereocenters. The molecule has 1 atom stereocenters. The maximum Gasteiger partial charge on any atom is 0.300 e. The lowest BCUT2D eigenvalue weighted by Crippen LogP contribution is -2.49. The van der Waals surface area contributed by atoms with E-state index in [1.807, 2.05) is 66.7 Å². The molecular formula is C27H26N2O6. The van der Waals surface area contributed by atoms with Gasteiger partial charge in [0.05, 0.1) is 6.54 Å². The van der Waals surface area contributed by atoms with Crippen LogP contribution in [-0.2, 0) is 25.6 Å². The molecule has 8 nitrogen and oxygen atoms in total. The number of carbonyl (C=O) groups excluding carboxylic acids is 3. The number of hydrogen-bond acceptors (Lipinski definition) is 5. The second-order valence-electron chi connectivity index (χ2n) is 7.31. The molecule has 4 rings (SSSR count). The van der Waals surface area contributed by atoms with Gasteiger partial charge >= 0.3 is 0 Å². The summed E-state index contributed by atoms with van der Waals surface area (Å²) in [5.74, 6) is -0.883. The lowest BCUT2D eigenvalue weighted by atomic mass is 10.1. The predicted octanol–water partition coefficient (Wildman–Crippen LogP) is 2.83. The highest BCUT2D eigenvalue weighted by molar-refractivity contribution is 6.04. The number of ether oxygens (including phenoxy) is 1. The van der Waals surface area contributed by atoms with E-state index in [-0.39, 0.29) is 25.0 Å². The van der Waals surface area contributed by atoms with Gasteiger partial charge in [0.1, 0.15) is 18.1 Å². The van der Waals surface area contributed by atoms with Gasteiger partial charge in [0, 0.05) is 24.4 Å². The number of aliphatic carboxylic acids is 1. The number of nitrogens with zero attached hydrogens (tertiary/aromatic N) is 1. The van der Waals surface area contributed by atoms with Gasteiger partial charge in [0.15, 0.2) is 6.61 Å². The summed E-state index contributed by atoms with van der Waals surface area (Å²) in [6.45, 7) is 0.806. The number of fused-ring (bicyclic) bond motifs is 2. The van der Waals surface area contributed by atoms with Crippen molar-refractivity contribution in [3.63, 3.8) is 0 Å². The number of carbonyl (C=O) groups is 4. The predicted molar refractivity (Wildman–Crippen MR) is 133 cm³/mol. The molecule has 0 saturated carbocycles. The molecule has 1 heterocycles. The minimum Gasteiger partial charge on any atom is -0.483 e. The van der Waals surface area contributed by atoms with Crippen molar-refractivity contribution < 1.29 is 29.0 Å². The average Bonchev–Trinajstić information content (AvgIpc) is 3.26. The van der Waals surface area contributed by atoms with E-state index in [1.54, 1.807) is 0 Å². The van der Waals surface area contributed by atoms with Crippen LogP contribution in [0.1, 0.15) is 12.5 Å². The fourth-order valence-electron chi connectivity index (χ4n) is 3.69. The Kier molecular flexibility index (Phi) is 10.0. The van der Waals surface area contributed by atoms with Crippen molar-refractivity contribution in [2.45, 2.75) is 19.4 Å². The molecule has 0 radical (unpaired) electrons. The Morgan fingerprint density at radius 2 is 1.69 bits per heavy atom. The Labute approximate surface area is 203 Å². The third-order valence-electron chi connectivity index (χ3n) is 5.01. The second-order valence-corrected chi connectivity index (χ2v) is 7.31. The first-order chi connectivity index (χ1) is 16.9. The molecule has 35 heavy (non-hydrogen) atoms. The summed E-state index contributed by atoms with van der Waals surface area (Å²) in [5.41, 5.74) is 1.61. The third-order valence-corrected chi connectivity index (χ3v) is 5.01. The van der Waals surface area contributed by atoms with Crippen molar-refractivity contribution in [1.82, 2.24) is 5.32 Å². The van der Waals surface area contributed by atoms with Crippen molar-refractivity contribution in [2.24, 2.45) is 0 Å². The van der Waals surface area contributed by atoms with E-state index >= 15 is 0 Å². The summed E-state index contributed by atoms with van der Waals surface area (Å²) in [5, 5.41) is 11.9. The summed E-state index contributed by atoms with van der Waals surface area (Å²) < 4.78 is 5.84. The summed E-state index contributed by atoms with van der Waals surface area (Å²) in [7, 11) is 0. The molecule has 0 bridgehead atoms. The van der Waals surface area contributed by atoms with E-state index in [9.17, 15) is 14.4 Å². The number of carboxylic acids is 1. The Bertz CT molecular complexity index is 1210. The first kappa shape index (κ1) is 26.6. The second kappa shape index (κ2) is 13.2. The fraction of sp³-hybridized carbons (Fsp3) is 0.185. The van der Waals surface area contributed by atoms with Crippen molar-refractivity contribution in [3.8, 4) is 18.6 Å². The number of para-hydroxylation sites is 1. The molecule has 0 spiro atoms. The molecule has 0 fully saturated rings. The first-order valence-electron chi connectivity index (χ1n) is 10.7. The maximum atomic E-state index is 13.1. The standard InChI is InChI=1S/C23H20N2O4.C2H4O2.C2H2/c26-13-12-24-23(28)20-14-17-7-2-4-10-19(17)25(20)22(27)15-29-21-11-5-8-16-6-1-3-9-18(16)21;1-2(3)4;1-2/h1-11,13,20H,12,14-15H2,(H,24,28);1H3,(H,3,4);1-2H/t20-;;/m0../s1. The Morgan fingerprint density at radius 1 is 1.06 bits per heavy atom. The van der Waals surface area contributed by atoms with Gasteiger partial charge in [-0.3, -0.25) is 19.3 Å². The molecule has 8 heteroatoms. The van der Waals surface area contributed by atoms with Crippen LogP contribution < -0.4 is 15.0 Å². The highest BCUT2D eigenvalue weighted by Crippen LogP contribution is 2.32. The van der Waals surface area contributed by atoms with Crippen molar-refractivity contribution in [2.75, 3.05) is 18.1 Å². The van der Waals surface area contributed by atoms with Gasteiger partial charge in [-0.15, -0.1) is 12.8 Å². The van der Waals surface area contributed by atoms with Crippen LogP contribution in [0, 0.1) is 12.8 Å². The lowest BCUT2D eigenvalue weighted by molar-refractivity contribution is -0.134. The van der Waals surface area contributed by atoms with E-state index in [0.717, 1.165) is 23.3 Å². The van der Waals surface area contributed by atoms with Crippen LogP contribution in [0.2, 0.25) is 0 Å². The van der Waals surface area contributed by atoms with E-state index in [2.05, 4.69) is 18.2 Å². The van der Waals surface area contributed by atoms with Crippen LogP contribution in [0.3, 0.4) is 0 Å². The molecule has 0 aromatic heterocycles. The molecule has 1 aliphatic heterocycles. The van der Waals surface area contributed by atoms with Crippen LogP contribution in [0.4, 0.5) is 5.69 Å². The highest BCUT2D eigenvalue weighted by Gasteiger charge is 2.38. The number of rotatable bonds is 6. The van der Waals surface area contributed by atoms with Crippen LogP contribution in [0.15, 0.2) is 66.7 Å². The average molecular weight is 475 g/mol. The van der Waals surface area contributed by atoms with Gasteiger partial charge in [-0.2, -0.15) is 0 Å². The number of amides is 2. The first-order valence-corrected chi connectivity index (χ1v) is 10.7. The Hall–Kier alpha value is -4.64. The highest BCUT2D eigenvalue weighted by atomic mass is 16.5. The fourth-order valence-corrected chi connectivity index (χ4v) is 3.69. The molecule has 180 valence electrons. The van der Waals surface area contributed by atoms with Gasteiger partial charge in [-0.05, 0) is 23.1 Å². The number of aldehydes is 1. The summed E-state index contributed by atoms with van der Waals surface area (Å²) in [4.78, 5) is 46.7. The minimum atomic E-state index is -0.833. The van der Waals surface area contributed by atoms with Crippen molar-refractivity contribution >= 4 is 40.5 Å². The molecule has 3 aromatic rings. The van der Waals surface area contributed by atoms with E-state index in [4.69, 9.17) is 14.6 Å². The normalized spacial score (nSPS) is 13.2. The molecule has 2 amide bonds. The monoisotopic (exact) mass is 474 g/mol. The molecule has 0 saturated heterocycles. The van der Waals surface area contributed by atoms with Crippen LogP contribution in [0.5, 0.6) is 5.75 Å². The number of benzene rings is 3. The summed E-state index contributed by atoms with van der Waals surface area (Å²) >= 11 is 0. The van der Waals surface area contributed by atoms with E-state index < -0.39 is 12.0 Å². The van der Waals surface area contributed by atoms with Gasteiger partial charge < -0.3 is 20.0 Å². The lowest BCUT2D eigenvalue weighted by Gasteiger charge is -2.24. The minimum absolute atomic E-state index is 0.0831. The van der Waals surface area contributed by atoms with Crippen molar-refractivity contribution in [3.05, 3.63) is 72.3 Å². The zero-order chi connectivity index (χ0) is 25.8. The number of nitrogens with one attached hydrogen (secondary N) is 1. The molecule has 1 aliphatic rings. The SMILES string of the molecule is C#C.CC(=O)O.O=CCNC(=O)[C@@H]1Cc2ccccc2N1C(=O)COc1cccc2ccccc12. The maximum absolute atomic E-state index is 13.1. The summed E-state index contributed by atoms with van der Waals surface area (Å²) in [6, 6.07) is 20.2. The number of hydrogen-bond donors (Lipinski definition) is 2. The van der Waals surface area contributed by atoms with Crippen LogP contribution in [0.25, 0.3) is 10.8 Å². The third kappa shape index (κ3) is 6.92. The van der Waals surface area contributed by atoms with E-state index in [1.165, 1.54) is 4.90 Å². The van der Waals surface area contributed by atoms with Crippen LogP contribution in [-0.4, -0.2) is 48.4 Å².